The van der Waals surface area contributed by atoms with Gasteiger partial charge in [0.1, 0.15) is 9.77 Å². The number of aliphatic hydroxyl groups excluding tert-OH is 1. The van der Waals surface area contributed by atoms with Crippen LogP contribution in [0.2, 0.25) is 0 Å². The van der Waals surface area contributed by atoms with Crippen LogP contribution in [0.1, 0.15) is 23.5 Å². The van der Waals surface area contributed by atoms with E-state index in [1.165, 1.54) is 18.6 Å². The van der Waals surface area contributed by atoms with Gasteiger partial charge >= 0.3 is 5.97 Å². The van der Waals surface area contributed by atoms with Gasteiger partial charge in [-0.3, -0.25) is 0 Å². The first-order valence-corrected chi connectivity index (χ1v) is 7.86. The fourth-order valence-corrected chi connectivity index (χ4v) is 3.75. The van der Waals surface area contributed by atoms with Gasteiger partial charge in [-0.25, -0.2) is 17.9 Å². The highest BCUT2D eigenvalue weighted by Crippen LogP contribution is 2.23. The first kappa shape index (κ1) is 16.1. The Morgan fingerprint density at radius 2 is 2.16 bits per heavy atom. The molecule has 0 aliphatic carbocycles. The summed E-state index contributed by atoms with van der Waals surface area (Å²) in [6.45, 7) is 3.38. The number of ether oxygens (including phenoxy) is 1. The van der Waals surface area contributed by atoms with Gasteiger partial charge in [0.05, 0.1) is 7.11 Å². The molecule has 0 unspecified atom stereocenters. The van der Waals surface area contributed by atoms with E-state index in [0.29, 0.717) is 0 Å². The van der Waals surface area contributed by atoms with E-state index in [1.807, 2.05) is 0 Å². The van der Waals surface area contributed by atoms with Gasteiger partial charge in [-0.15, -0.1) is 11.3 Å². The number of thiophene rings is 1. The van der Waals surface area contributed by atoms with Crippen LogP contribution in [-0.4, -0.2) is 39.8 Å². The lowest BCUT2D eigenvalue weighted by Crippen LogP contribution is -2.36. The predicted molar refractivity (Wildman–Crippen MR) is 71.7 cm³/mol. The normalized spacial score (nSPS) is 12.4. The average molecular weight is 307 g/mol. The van der Waals surface area contributed by atoms with E-state index in [1.54, 1.807) is 13.8 Å². The minimum Gasteiger partial charge on any atom is -0.465 e. The molecule has 0 atom stereocenters. The van der Waals surface area contributed by atoms with Crippen molar-refractivity contribution >= 4 is 27.3 Å². The molecule has 0 aliphatic heterocycles. The minimum atomic E-state index is -3.80. The summed E-state index contributed by atoms with van der Waals surface area (Å²) >= 11 is 1.01. The van der Waals surface area contributed by atoms with Gasteiger partial charge in [-0.1, -0.05) is 13.8 Å². The summed E-state index contributed by atoms with van der Waals surface area (Å²) in [7, 11) is -2.60. The van der Waals surface area contributed by atoms with E-state index in [0.717, 1.165) is 11.3 Å². The molecular weight excluding hydrogens is 290 g/mol. The first-order chi connectivity index (χ1) is 8.73. The molecule has 0 radical (unpaired) electrons. The monoisotopic (exact) mass is 307 g/mol. The number of carbonyl (C=O) groups excluding carboxylic acids is 1. The summed E-state index contributed by atoms with van der Waals surface area (Å²) in [5.41, 5.74) is -0.575. The van der Waals surface area contributed by atoms with E-state index >= 15 is 0 Å². The number of carbonyl (C=O) groups is 1. The number of esters is 1. The summed E-state index contributed by atoms with van der Waals surface area (Å²) in [6.07, 6.45) is 0. The third-order valence-corrected chi connectivity index (χ3v) is 4.93. The van der Waals surface area contributed by atoms with Crippen LogP contribution >= 0.6 is 11.3 Å². The Labute approximate surface area is 116 Å². The van der Waals surface area contributed by atoms with Crippen LogP contribution in [-0.2, 0) is 14.8 Å². The van der Waals surface area contributed by atoms with Crippen molar-refractivity contribution in [1.29, 1.82) is 0 Å². The second-order valence-corrected chi connectivity index (χ2v) is 7.40. The number of hydrogen-bond donors (Lipinski definition) is 2. The van der Waals surface area contributed by atoms with Gasteiger partial charge < -0.3 is 9.84 Å². The molecule has 1 aromatic heterocycles. The number of sulfonamides is 1. The molecule has 0 bridgehead atoms. The van der Waals surface area contributed by atoms with Crippen molar-refractivity contribution in [3.63, 3.8) is 0 Å². The van der Waals surface area contributed by atoms with Gasteiger partial charge in [0.25, 0.3) is 0 Å². The third-order valence-electron chi connectivity index (χ3n) is 2.46. The van der Waals surface area contributed by atoms with Crippen molar-refractivity contribution < 1.29 is 23.1 Å². The molecule has 0 aromatic carbocycles. The summed E-state index contributed by atoms with van der Waals surface area (Å²) in [5.74, 6) is -0.684. The summed E-state index contributed by atoms with van der Waals surface area (Å²) in [4.78, 5) is 11.4. The quantitative estimate of drug-likeness (QED) is 0.759. The second kappa shape index (κ2) is 6.00. The zero-order valence-corrected chi connectivity index (χ0v) is 12.6. The minimum absolute atomic E-state index is 0.0387. The molecular formula is C11H17NO5S2. The Morgan fingerprint density at radius 3 is 2.68 bits per heavy atom. The number of methoxy groups -OCH3 is 1. The van der Waals surface area contributed by atoms with Crippen LogP contribution in [0.3, 0.4) is 0 Å². The van der Waals surface area contributed by atoms with Gasteiger partial charge in [0.15, 0.2) is 0 Å². The highest BCUT2D eigenvalue weighted by molar-refractivity contribution is 7.89. The Hall–Kier alpha value is -0.960. The molecule has 108 valence electrons. The van der Waals surface area contributed by atoms with Gasteiger partial charge in [0, 0.05) is 18.6 Å². The van der Waals surface area contributed by atoms with Gasteiger partial charge in [-0.05, 0) is 11.4 Å². The Balaban J connectivity index is 2.96. The van der Waals surface area contributed by atoms with Crippen molar-refractivity contribution in [1.82, 2.24) is 4.72 Å². The molecule has 1 aromatic rings. The number of hydrogen-bond acceptors (Lipinski definition) is 6. The highest BCUT2D eigenvalue weighted by Gasteiger charge is 2.27. The van der Waals surface area contributed by atoms with Crippen molar-refractivity contribution in [2.75, 3.05) is 20.3 Å². The Kier molecular flexibility index (Phi) is 5.08. The van der Waals surface area contributed by atoms with Crippen LogP contribution in [0.25, 0.3) is 0 Å². The highest BCUT2D eigenvalue weighted by atomic mass is 32.2. The molecule has 0 spiro atoms. The van der Waals surface area contributed by atoms with E-state index in [2.05, 4.69) is 9.46 Å². The lowest BCUT2D eigenvalue weighted by molar-refractivity contribution is 0.0602. The molecule has 1 heterocycles. The van der Waals surface area contributed by atoms with E-state index < -0.39 is 21.4 Å². The second-order valence-electron chi connectivity index (χ2n) is 4.75. The van der Waals surface area contributed by atoms with E-state index in [-0.39, 0.29) is 22.9 Å². The fourth-order valence-electron chi connectivity index (χ4n) is 1.17. The molecule has 6 nitrogen and oxygen atoms in total. The average Bonchev–Trinajstić information content (AvgIpc) is 2.86. The predicted octanol–water partition coefficient (Wildman–Crippen LogP) is 0.832. The zero-order chi connectivity index (χ0) is 14.7. The first-order valence-electron chi connectivity index (χ1n) is 5.50. The van der Waals surface area contributed by atoms with Gasteiger partial charge in [-0.2, -0.15) is 0 Å². The number of aliphatic hydroxyl groups is 1. The summed E-state index contributed by atoms with van der Waals surface area (Å²) < 4.78 is 31.1. The van der Waals surface area contributed by atoms with E-state index in [9.17, 15) is 13.2 Å². The van der Waals surface area contributed by atoms with Gasteiger partial charge in [0.2, 0.25) is 10.0 Å². The third kappa shape index (κ3) is 4.00. The molecule has 2 N–H and O–H groups in total. The largest absolute Gasteiger partial charge is 0.465 e. The van der Waals surface area contributed by atoms with Crippen molar-refractivity contribution in [3.05, 3.63) is 16.3 Å². The van der Waals surface area contributed by atoms with E-state index in [4.69, 9.17) is 5.11 Å². The maximum Gasteiger partial charge on any atom is 0.349 e. The maximum atomic E-state index is 12.1. The topological polar surface area (TPSA) is 92.7 Å². The lowest BCUT2D eigenvalue weighted by atomic mass is 9.96. The molecule has 19 heavy (non-hydrogen) atoms. The molecule has 0 saturated heterocycles. The SMILES string of the molecule is COC(=O)c1sccc1S(=O)(=O)NCC(C)(C)CO. The molecule has 1 rings (SSSR count). The summed E-state index contributed by atoms with van der Waals surface area (Å²) in [6, 6.07) is 1.35. The molecule has 0 aliphatic rings. The van der Waals surface area contributed by atoms with Crippen LogP contribution in [0.5, 0.6) is 0 Å². The number of nitrogens with one attached hydrogen (secondary N) is 1. The molecule has 0 fully saturated rings. The van der Waals surface area contributed by atoms with Crippen molar-refractivity contribution in [2.24, 2.45) is 5.41 Å². The van der Waals surface area contributed by atoms with Crippen molar-refractivity contribution in [2.45, 2.75) is 18.7 Å². The fraction of sp³-hybridized carbons (Fsp3) is 0.545. The van der Waals surface area contributed by atoms with Crippen LogP contribution in [0.4, 0.5) is 0 Å². The molecule has 0 amide bonds. The standard InChI is InChI=1S/C11H17NO5S2/c1-11(2,7-13)6-12-19(15,16)8-4-5-18-9(8)10(14)17-3/h4-5,12-13H,6-7H2,1-3H3. The maximum absolute atomic E-state index is 12.1. The Morgan fingerprint density at radius 1 is 1.53 bits per heavy atom. The van der Waals surface area contributed by atoms with Crippen LogP contribution in [0, 0.1) is 5.41 Å². The summed E-state index contributed by atoms with van der Waals surface area (Å²) in [5, 5.41) is 10.6. The zero-order valence-electron chi connectivity index (χ0n) is 11.0. The van der Waals surface area contributed by atoms with Crippen LogP contribution in [0.15, 0.2) is 16.3 Å². The molecule has 8 heteroatoms. The smallest absolute Gasteiger partial charge is 0.349 e. The molecule has 0 saturated carbocycles. The van der Waals surface area contributed by atoms with Crippen molar-refractivity contribution in [3.8, 4) is 0 Å². The lowest BCUT2D eigenvalue weighted by Gasteiger charge is -2.21. The number of rotatable bonds is 6. The van der Waals surface area contributed by atoms with Crippen LogP contribution < -0.4 is 4.72 Å². The Bertz CT molecular complexity index is 547.